The first kappa shape index (κ1) is 20.0. The average molecular weight is 403 g/mol. The molecule has 5 heteroatoms. The van der Waals surface area contributed by atoms with Crippen molar-refractivity contribution in [3.05, 3.63) is 76.5 Å². The molecular formula is C25H25NO4. The maximum Gasteiger partial charge on any atom is 0.200 e. The molecule has 0 atom stereocenters. The summed E-state index contributed by atoms with van der Waals surface area (Å²) in [6.07, 6.45) is 0.884. The Hall–Kier alpha value is -3.31. The molecule has 0 saturated heterocycles. The number of nitrogens with zero attached hydrogens (tertiary/aromatic N) is 1. The molecule has 0 aliphatic rings. The highest BCUT2D eigenvalue weighted by atomic mass is 16.5. The fourth-order valence-corrected chi connectivity index (χ4v) is 3.40. The lowest BCUT2D eigenvalue weighted by molar-refractivity contribution is 0.281. The smallest absolute Gasteiger partial charge is 0.200 e. The van der Waals surface area contributed by atoms with Gasteiger partial charge < -0.3 is 18.8 Å². The molecule has 1 heterocycles. The molecule has 3 aromatic carbocycles. The summed E-state index contributed by atoms with van der Waals surface area (Å²) in [7, 11) is 4.06. The second-order valence-electron chi connectivity index (χ2n) is 7.65. The average Bonchev–Trinajstić information content (AvgIpc) is 2.72. The molecule has 154 valence electrons. The van der Waals surface area contributed by atoms with Crippen LogP contribution in [0.25, 0.3) is 21.9 Å². The van der Waals surface area contributed by atoms with Crippen molar-refractivity contribution in [2.45, 2.75) is 13.3 Å². The number of para-hydroxylation sites is 1. The van der Waals surface area contributed by atoms with Gasteiger partial charge in [0.05, 0.1) is 17.4 Å². The van der Waals surface area contributed by atoms with Crippen molar-refractivity contribution >= 4 is 21.9 Å². The van der Waals surface area contributed by atoms with Crippen molar-refractivity contribution in [2.24, 2.45) is 0 Å². The number of rotatable bonds is 7. The molecule has 5 nitrogen and oxygen atoms in total. The van der Waals surface area contributed by atoms with Crippen molar-refractivity contribution < 1.29 is 13.9 Å². The Morgan fingerprint density at radius 3 is 2.50 bits per heavy atom. The third kappa shape index (κ3) is 4.31. The molecule has 0 fully saturated rings. The van der Waals surface area contributed by atoms with Crippen LogP contribution in [0.2, 0.25) is 0 Å². The predicted molar refractivity (Wildman–Crippen MR) is 120 cm³/mol. The number of aryl methyl sites for hydroxylation is 1. The lowest BCUT2D eigenvalue weighted by Gasteiger charge is -2.13. The van der Waals surface area contributed by atoms with Crippen molar-refractivity contribution in [1.29, 1.82) is 0 Å². The molecule has 0 N–H and O–H groups in total. The van der Waals surface area contributed by atoms with Gasteiger partial charge in [0.25, 0.3) is 0 Å². The molecule has 4 rings (SSSR count). The van der Waals surface area contributed by atoms with Gasteiger partial charge >= 0.3 is 0 Å². The molecule has 0 radical (unpaired) electrons. The molecule has 0 aliphatic carbocycles. The standard InChI is InChI=1S/C25H25NO4/c1-17-14-21-24(27)20-11-10-19(29-18-8-5-4-6-9-18)16-22(20)30-25(21)23(15-17)28-13-7-12-26(2)3/h4-6,8-11,14-16H,7,12-13H2,1-3H3. The van der Waals surface area contributed by atoms with Gasteiger partial charge in [-0.15, -0.1) is 0 Å². The highest BCUT2D eigenvalue weighted by Crippen LogP contribution is 2.31. The fourth-order valence-electron chi connectivity index (χ4n) is 3.40. The van der Waals surface area contributed by atoms with Crippen molar-refractivity contribution in [2.75, 3.05) is 27.2 Å². The van der Waals surface area contributed by atoms with Crippen LogP contribution in [0.3, 0.4) is 0 Å². The molecule has 0 aliphatic heterocycles. The van der Waals surface area contributed by atoms with Crippen LogP contribution in [0.15, 0.2) is 69.9 Å². The molecule has 0 unspecified atom stereocenters. The third-order valence-corrected chi connectivity index (χ3v) is 4.84. The van der Waals surface area contributed by atoms with E-state index in [-0.39, 0.29) is 5.43 Å². The molecule has 30 heavy (non-hydrogen) atoms. The molecule has 0 amide bonds. The quantitative estimate of drug-likeness (QED) is 0.306. The first-order chi connectivity index (χ1) is 14.5. The Kier molecular flexibility index (Phi) is 5.72. The van der Waals surface area contributed by atoms with Gasteiger partial charge in [-0.2, -0.15) is 0 Å². The molecule has 0 bridgehead atoms. The molecule has 0 spiro atoms. The van der Waals surface area contributed by atoms with Crippen molar-refractivity contribution in [1.82, 2.24) is 4.90 Å². The zero-order valence-corrected chi connectivity index (χ0v) is 17.5. The van der Waals surface area contributed by atoms with Crippen LogP contribution >= 0.6 is 0 Å². The molecule has 4 aromatic rings. The van der Waals surface area contributed by atoms with Crippen molar-refractivity contribution in [3.8, 4) is 17.2 Å². The van der Waals surface area contributed by atoms with Gasteiger partial charge in [0, 0.05) is 12.6 Å². The van der Waals surface area contributed by atoms with Gasteiger partial charge in [-0.25, -0.2) is 0 Å². The van der Waals surface area contributed by atoms with E-state index >= 15 is 0 Å². The van der Waals surface area contributed by atoms with Crippen LogP contribution in [0, 0.1) is 6.92 Å². The zero-order valence-electron chi connectivity index (χ0n) is 17.5. The highest BCUT2D eigenvalue weighted by molar-refractivity contribution is 5.93. The summed E-state index contributed by atoms with van der Waals surface area (Å²) >= 11 is 0. The summed E-state index contributed by atoms with van der Waals surface area (Å²) in [6.45, 7) is 3.43. The maximum atomic E-state index is 13.1. The second kappa shape index (κ2) is 8.59. The van der Waals surface area contributed by atoms with E-state index in [2.05, 4.69) is 4.90 Å². The topological polar surface area (TPSA) is 51.9 Å². The number of ether oxygens (including phenoxy) is 2. The van der Waals surface area contributed by atoms with E-state index in [0.29, 0.717) is 40.0 Å². The Morgan fingerprint density at radius 1 is 0.933 bits per heavy atom. The molecule has 0 saturated carbocycles. The number of hydrogen-bond donors (Lipinski definition) is 0. The zero-order chi connectivity index (χ0) is 21.1. The minimum absolute atomic E-state index is 0.0700. The van der Waals surface area contributed by atoms with E-state index in [1.165, 1.54) is 0 Å². The van der Waals surface area contributed by atoms with Gasteiger partial charge in [0.1, 0.15) is 17.1 Å². The van der Waals surface area contributed by atoms with Crippen LogP contribution < -0.4 is 14.9 Å². The lowest BCUT2D eigenvalue weighted by Crippen LogP contribution is -2.15. The summed E-state index contributed by atoms with van der Waals surface area (Å²) < 4.78 is 18.0. The summed E-state index contributed by atoms with van der Waals surface area (Å²) in [4.78, 5) is 15.2. The maximum absolute atomic E-state index is 13.1. The minimum atomic E-state index is -0.0700. The van der Waals surface area contributed by atoms with Crippen LogP contribution in [-0.2, 0) is 0 Å². The largest absolute Gasteiger partial charge is 0.490 e. The van der Waals surface area contributed by atoms with Gasteiger partial charge in [-0.05, 0) is 69.4 Å². The van der Waals surface area contributed by atoms with Gasteiger partial charge in [-0.1, -0.05) is 18.2 Å². The summed E-state index contributed by atoms with van der Waals surface area (Å²) in [5.41, 5.74) is 1.84. The van der Waals surface area contributed by atoms with E-state index < -0.39 is 0 Å². The summed E-state index contributed by atoms with van der Waals surface area (Å²) in [6, 6.07) is 18.6. The van der Waals surface area contributed by atoms with Crippen LogP contribution in [-0.4, -0.2) is 32.1 Å². The van der Waals surface area contributed by atoms with Crippen LogP contribution in [0.5, 0.6) is 17.2 Å². The highest BCUT2D eigenvalue weighted by Gasteiger charge is 2.14. The number of fused-ring (bicyclic) bond motifs is 2. The molecular weight excluding hydrogens is 378 g/mol. The van der Waals surface area contributed by atoms with E-state index in [0.717, 1.165) is 24.3 Å². The second-order valence-corrected chi connectivity index (χ2v) is 7.65. The Bertz CT molecular complexity index is 1230. The van der Waals surface area contributed by atoms with Gasteiger partial charge in [-0.3, -0.25) is 4.79 Å². The summed E-state index contributed by atoms with van der Waals surface area (Å²) in [5, 5.41) is 1.05. The number of hydrogen-bond acceptors (Lipinski definition) is 5. The fraction of sp³-hybridized carbons (Fsp3) is 0.240. The molecule has 1 aromatic heterocycles. The SMILES string of the molecule is Cc1cc(OCCCN(C)C)c2oc3cc(Oc4ccccc4)ccc3c(=O)c2c1. The van der Waals surface area contributed by atoms with Crippen LogP contribution in [0.4, 0.5) is 0 Å². The summed E-state index contributed by atoms with van der Waals surface area (Å²) in [5.74, 6) is 1.93. The predicted octanol–water partition coefficient (Wildman–Crippen LogP) is 5.38. The minimum Gasteiger partial charge on any atom is -0.490 e. The van der Waals surface area contributed by atoms with E-state index in [9.17, 15) is 4.79 Å². The Balaban J connectivity index is 1.73. The third-order valence-electron chi connectivity index (χ3n) is 4.84. The Labute approximate surface area is 175 Å². The first-order valence-electron chi connectivity index (χ1n) is 10.0. The van der Waals surface area contributed by atoms with Gasteiger partial charge in [0.15, 0.2) is 11.3 Å². The monoisotopic (exact) mass is 403 g/mol. The normalized spacial score (nSPS) is 11.3. The van der Waals surface area contributed by atoms with Crippen LogP contribution in [0.1, 0.15) is 12.0 Å². The van der Waals surface area contributed by atoms with E-state index in [1.54, 1.807) is 18.2 Å². The Morgan fingerprint density at radius 2 is 1.73 bits per heavy atom. The lowest BCUT2D eigenvalue weighted by atomic mass is 10.1. The first-order valence-corrected chi connectivity index (χ1v) is 10.0. The van der Waals surface area contributed by atoms with E-state index in [1.807, 2.05) is 63.5 Å². The van der Waals surface area contributed by atoms with Gasteiger partial charge in [0.2, 0.25) is 5.43 Å². The van der Waals surface area contributed by atoms with E-state index in [4.69, 9.17) is 13.9 Å². The number of benzene rings is 3. The van der Waals surface area contributed by atoms with Crippen molar-refractivity contribution in [3.63, 3.8) is 0 Å².